The van der Waals surface area contributed by atoms with Crippen molar-refractivity contribution in [3.63, 3.8) is 0 Å². The molecule has 2 heterocycles. The van der Waals surface area contributed by atoms with Gasteiger partial charge in [-0.15, -0.1) is 0 Å². The first-order chi connectivity index (χ1) is 12.7. The summed E-state index contributed by atoms with van der Waals surface area (Å²) in [5.74, 6) is 0.0613. The van der Waals surface area contributed by atoms with E-state index in [0.29, 0.717) is 0 Å². The summed E-state index contributed by atoms with van der Waals surface area (Å²) in [5.41, 5.74) is 3.56. The van der Waals surface area contributed by atoms with Crippen LogP contribution < -0.4 is 5.32 Å². The molecule has 1 aliphatic rings. The summed E-state index contributed by atoms with van der Waals surface area (Å²) in [7, 11) is 0. The van der Waals surface area contributed by atoms with E-state index < -0.39 is 0 Å². The Hall–Kier alpha value is -3.08. The van der Waals surface area contributed by atoms with E-state index in [4.69, 9.17) is 0 Å². The molecule has 3 aromatic rings. The van der Waals surface area contributed by atoms with Gasteiger partial charge in [-0.25, -0.2) is 4.68 Å². The number of hydrogen-bond acceptors (Lipinski definition) is 3. The number of para-hydroxylation sites is 2. The van der Waals surface area contributed by atoms with Crippen LogP contribution in [0.4, 0.5) is 5.69 Å². The van der Waals surface area contributed by atoms with E-state index >= 15 is 0 Å². The number of nitrogens with one attached hydrogen (secondary N) is 1. The SMILES string of the molecule is CC[C@@H](C)N1C(=O)c2ccccc2N[C@H]1c1cnn(-c2ccccc2)c1. The monoisotopic (exact) mass is 346 g/mol. The largest absolute Gasteiger partial charge is 0.361 e. The molecule has 2 aromatic carbocycles. The number of carbonyl (C=O) groups excluding carboxylic acids is 1. The van der Waals surface area contributed by atoms with E-state index in [1.165, 1.54) is 0 Å². The number of benzene rings is 2. The first kappa shape index (κ1) is 16.4. The third-order valence-electron chi connectivity index (χ3n) is 4.97. The number of rotatable bonds is 4. The second-order valence-electron chi connectivity index (χ2n) is 6.62. The van der Waals surface area contributed by atoms with Crippen molar-refractivity contribution in [1.82, 2.24) is 14.7 Å². The van der Waals surface area contributed by atoms with Crippen LogP contribution in [0.5, 0.6) is 0 Å². The summed E-state index contributed by atoms with van der Waals surface area (Å²) in [5, 5.41) is 8.03. The van der Waals surface area contributed by atoms with Crippen molar-refractivity contribution in [2.24, 2.45) is 0 Å². The molecule has 4 rings (SSSR count). The fourth-order valence-corrected chi connectivity index (χ4v) is 3.36. The lowest BCUT2D eigenvalue weighted by Gasteiger charge is -2.41. The molecule has 0 spiro atoms. The molecule has 132 valence electrons. The standard InChI is InChI=1S/C21H22N4O/c1-3-15(2)25-20(23-19-12-8-7-11-18(19)21(25)26)16-13-22-24(14-16)17-9-5-4-6-10-17/h4-15,20,23H,3H2,1-2H3/t15-,20-/m1/s1. The molecule has 0 unspecified atom stereocenters. The number of aromatic nitrogens is 2. The summed E-state index contributed by atoms with van der Waals surface area (Å²) in [6.07, 6.45) is 4.48. The van der Waals surface area contributed by atoms with Crippen LogP contribution in [0, 0.1) is 0 Å². The van der Waals surface area contributed by atoms with Gasteiger partial charge in [0.15, 0.2) is 0 Å². The van der Waals surface area contributed by atoms with Crippen molar-refractivity contribution in [2.45, 2.75) is 32.5 Å². The number of nitrogens with zero attached hydrogens (tertiary/aromatic N) is 3. The zero-order valence-electron chi connectivity index (χ0n) is 15.0. The van der Waals surface area contributed by atoms with Crippen molar-refractivity contribution >= 4 is 11.6 Å². The second-order valence-corrected chi connectivity index (χ2v) is 6.62. The topological polar surface area (TPSA) is 50.2 Å². The Morgan fingerprint density at radius 3 is 2.62 bits per heavy atom. The Morgan fingerprint density at radius 1 is 1.12 bits per heavy atom. The maximum absolute atomic E-state index is 13.1. The third-order valence-corrected chi connectivity index (χ3v) is 4.97. The molecule has 26 heavy (non-hydrogen) atoms. The minimum absolute atomic E-state index is 0.0613. The molecule has 0 saturated heterocycles. The van der Waals surface area contributed by atoms with Gasteiger partial charge in [0.2, 0.25) is 0 Å². The van der Waals surface area contributed by atoms with Gasteiger partial charge < -0.3 is 10.2 Å². The minimum Gasteiger partial charge on any atom is -0.361 e. The van der Waals surface area contributed by atoms with Crippen LogP contribution in [-0.2, 0) is 0 Å². The van der Waals surface area contributed by atoms with Crippen LogP contribution in [-0.4, -0.2) is 26.6 Å². The highest BCUT2D eigenvalue weighted by molar-refractivity contribution is 6.01. The molecule has 1 aromatic heterocycles. The van der Waals surface area contributed by atoms with Gasteiger partial charge in [0.05, 0.1) is 17.4 Å². The smallest absolute Gasteiger partial charge is 0.258 e. The van der Waals surface area contributed by atoms with Crippen LogP contribution in [0.3, 0.4) is 0 Å². The Balaban J connectivity index is 1.74. The minimum atomic E-state index is -0.232. The van der Waals surface area contributed by atoms with E-state index in [1.54, 1.807) is 0 Å². The number of amides is 1. The Morgan fingerprint density at radius 2 is 1.85 bits per heavy atom. The lowest BCUT2D eigenvalue weighted by molar-refractivity contribution is 0.0593. The van der Waals surface area contributed by atoms with Gasteiger partial charge in [0.25, 0.3) is 5.91 Å². The van der Waals surface area contributed by atoms with Gasteiger partial charge in [-0.1, -0.05) is 37.3 Å². The lowest BCUT2D eigenvalue weighted by atomic mass is 10.0. The molecular formula is C21H22N4O. The van der Waals surface area contributed by atoms with Crippen molar-refractivity contribution in [3.8, 4) is 5.69 Å². The summed E-state index contributed by atoms with van der Waals surface area (Å²) in [4.78, 5) is 15.1. The Kier molecular flexibility index (Phi) is 4.21. The summed E-state index contributed by atoms with van der Waals surface area (Å²) >= 11 is 0. The molecular weight excluding hydrogens is 324 g/mol. The van der Waals surface area contributed by atoms with Crippen LogP contribution in [0.1, 0.15) is 42.4 Å². The van der Waals surface area contributed by atoms with Crippen molar-refractivity contribution in [2.75, 3.05) is 5.32 Å². The van der Waals surface area contributed by atoms with Crippen LogP contribution in [0.15, 0.2) is 67.0 Å². The molecule has 0 aliphatic carbocycles. The lowest BCUT2D eigenvalue weighted by Crippen LogP contribution is -2.47. The molecule has 1 N–H and O–H groups in total. The first-order valence-corrected chi connectivity index (χ1v) is 8.97. The van der Waals surface area contributed by atoms with E-state index in [1.807, 2.05) is 76.6 Å². The molecule has 5 nitrogen and oxygen atoms in total. The number of carbonyl (C=O) groups is 1. The summed E-state index contributed by atoms with van der Waals surface area (Å²) in [6, 6.07) is 17.8. The maximum Gasteiger partial charge on any atom is 0.258 e. The molecule has 2 atom stereocenters. The van der Waals surface area contributed by atoms with E-state index in [0.717, 1.165) is 28.9 Å². The van der Waals surface area contributed by atoms with Crippen molar-refractivity contribution < 1.29 is 4.79 Å². The fraction of sp³-hybridized carbons (Fsp3) is 0.238. The van der Waals surface area contributed by atoms with Crippen molar-refractivity contribution in [3.05, 3.63) is 78.1 Å². The van der Waals surface area contributed by atoms with Crippen molar-refractivity contribution in [1.29, 1.82) is 0 Å². The molecule has 0 saturated carbocycles. The molecule has 0 fully saturated rings. The Bertz CT molecular complexity index is 919. The number of fused-ring (bicyclic) bond motifs is 1. The normalized spacial score (nSPS) is 17.5. The van der Waals surface area contributed by atoms with Gasteiger partial charge in [0, 0.05) is 23.5 Å². The Labute approximate surface area is 153 Å². The molecule has 1 amide bonds. The maximum atomic E-state index is 13.1. The van der Waals surface area contributed by atoms with Crippen LogP contribution in [0.2, 0.25) is 0 Å². The third kappa shape index (κ3) is 2.75. The predicted molar refractivity (Wildman–Crippen MR) is 102 cm³/mol. The highest BCUT2D eigenvalue weighted by Gasteiger charge is 2.35. The van der Waals surface area contributed by atoms with Gasteiger partial charge in [-0.05, 0) is 37.6 Å². The first-order valence-electron chi connectivity index (χ1n) is 8.97. The number of hydrogen-bond donors (Lipinski definition) is 1. The molecule has 5 heteroatoms. The highest BCUT2D eigenvalue weighted by Crippen LogP contribution is 2.35. The van der Waals surface area contributed by atoms with E-state index in [2.05, 4.69) is 24.3 Å². The molecule has 0 radical (unpaired) electrons. The zero-order valence-corrected chi connectivity index (χ0v) is 15.0. The van der Waals surface area contributed by atoms with Gasteiger partial charge in [-0.3, -0.25) is 4.79 Å². The van der Waals surface area contributed by atoms with Gasteiger partial charge in [-0.2, -0.15) is 5.10 Å². The number of anilines is 1. The van der Waals surface area contributed by atoms with Gasteiger partial charge >= 0.3 is 0 Å². The van der Waals surface area contributed by atoms with Gasteiger partial charge in [0.1, 0.15) is 6.17 Å². The highest BCUT2D eigenvalue weighted by atomic mass is 16.2. The quantitative estimate of drug-likeness (QED) is 0.769. The average molecular weight is 346 g/mol. The molecule has 0 bridgehead atoms. The predicted octanol–water partition coefficient (Wildman–Crippen LogP) is 4.24. The zero-order chi connectivity index (χ0) is 18.1. The molecule has 1 aliphatic heterocycles. The fourth-order valence-electron chi connectivity index (χ4n) is 3.36. The van der Waals surface area contributed by atoms with E-state index in [-0.39, 0.29) is 18.1 Å². The van der Waals surface area contributed by atoms with Crippen LogP contribution in [0.25, 0.3) is 5.69 Å². The summed E-state index contributed by atoms with van der Waals surface area (Å²) in [6.45, 7) is 4.19. The summed E-state index contributed by atoms with van der Waals surface area (Å²) < 4.78 is 1.84. The van der Waals surface area contributed by atoms with E-state index in [9.17, 15) is 4.79 Å². The van der Waals surface area contributed by atoms with Crippen LogP contribution >= 0.6 is 0 Å². The second kappa shape index (κ2) is 6.67. The average Bonchev–Trinajstić information content (AvgIpc) is 3.18.